The number of carbonyl (C=O) groups excluding carboxylic acids is 1. The summed E-state index contributed by atoms with van der Waals surface area (Å²) in [6.07, 6.45) is 2.12. The molecule has 0 spiro atoms. The summed E-state index contributed by atoms with van der Waals surface area (Å²) in [5.41, 5.74) is 3.92. The van der Waals surface area contributed by atoms with E-state index in [2.05, 4.69) is 47.6 Å². The van der Waals surface area contributed by atoms with Gasteiger partial charge in [0.05, 0.1) is 19.4 Å². The molecule has 5 nitrogen and oxygen atoms in total. The van der Waals surface area contributed by atoms with Crippen molar-refractivity contribution in [2.45, 2.75) is 24.7 Å². The number of ether oxygens (including phenoxy) is 2. The molecule has 0 atom stereocenters. The van der Waals surface area contributed by atoms with Gasteiger partial charge in [0.2, 0.25) is 0 Å². The fraction of sp³-hybridized carbons (Fsp3) is 0.250. The van der Waals surface area contributed by atoms with Crippen LogP contribution in [-0.4, -0.2) is 36.9 Å². The lowest BCUT2D eigenvalue weighted by Crippen LogP contribution is -2.25. The lowest BCUT2D eigenvalue weighted by Gasteiger charge is -2.09. The van der Waals surface area contributed by atoms with Gasteiger partial charge in [-0.1, -0.05) is 31.5 Å². The number of hydrogen-bond acceptors (Lipinski definition) is 4. The lowest BCUT2D eigenvalue weighted by atomic mass is 10.1. The van der Waals surface area contributed by atoms with Gasteiger partial charge in [0.15, 0.2) is 0 Å². The minimum absolute atomic E-state index is 0.0741. The number of fused-ring (bicyclic) bond motifs is 1. The number of benzene rings is 3. The lowest BCUT2D eigenvalue weighted by molar-refractivity contribution is 0.0956. The highest BCUT2D eigenvalue weighted by Crippen LogP contribution is 2.38. The zero-order valence-electron chi connectivity index (χ0n) is 19.6. The van der Waals surface area contributed by atoms with E-state index in [4.69, 9.17) is 9.47 Å². The first kappa shape index (κ1) is 23.8. The molecule has 0 fully saturated rings. The van der Waals surface area contributed by atoms with E-state index in [0.717, 1.165) is 46.9 Å². The number of unbranched alkanes of at least 4 members (excludes halogenated alkanes) is 1. The zero-order chi connectivity index (χ0) is 23.8. The minimum atomic E-state index is -0.0741. The molecule has 0 radical (unpaired) electrons. The van der Waals surface area contributed by atoms with Crippen LogP contribution in [0.25, 0.3) is 22.2 Å². The molecule has 1 aromatic heterocycles. The van der Waals surface area contributed by atoms with Crippen molar-refractivity contribution in [1.82, 2.24) is 10.3 Å². The van der Waals surface area contributed by atoms with E-state index in [-0.39, 0.29) is 5.91 Å². The van der Waals surface area contributed by atoms with Gasteiger partial charge in [0.1, 0.15) is 11.5 Å². The highest BCUT2D eigenvalue weighted by molar-refractivity contribution is 7.99. The first-order valence-corrected chi connectivity index (χ1v) is 12.6. The van der Waals surface area contributed by atoms with Crippen molar-refractivity contribution in [3.63, 3.8) is 0 Å². The molecule has 0 unspecified atom stereocenters. The summed E-state index contributed by atoms with van der Waals surface area (Å²) in [7, 11) is 1.67. The first-order chi connectivity index (χ1) is 16.7. The maximum Gasteiger partial charge on any atom is 0.251 e. The normalized spacial score (nSPS) is 10.9. The Labute approximate surface area is 204 Å². The Balaban J connectivity index is 1.38. The fourth-order valence-electron chi connectivity index (χ4n) is 3.68. The standard InChI is InChI=1S/C28H30N2O3S/c1-3-4-18-33-23-15-11-21(12-16-23)28(31)29-17-19-34-27-24-7-5-6-8-25(24)30-26(27)20-9-13-22(32-2)14-10-20/h5-16,30H,3-4,17-19H2,1-2H3,(H,29,31). The second-order valence-electron chi connectivity index (χ2n) is 7.93. The van der Waals surface area contributed by atoms with Crippen LogP contribution in [-0.2, 0) is 0 Å². The Hall–Kier alpha value is -3.38. The summed E-state index contributed by atoms with van der Waals surface area (Å²) >= 11 is 1.74. The van der Waals surface area contributed by atoms with Crippen LogP contribution in [0.1, 0.15) is 30.1 Å². The predicted molar refractivity (Wildman–Crippen MR) is 140 cm³/mol. The number of aromatic nitrogens is 1. The van der Waals surface area contributed by atoms with E-state index in [0.29, 0.717) is 18.7 Å². The van der Waals surface area contributed by atoms with Crippen LogP contribution in [0.5, 0.6) is 11.5 Å². The molecule has 34 heavy (non-hydrogen) atoms. The molecular weight excluding hydrogens is 444 g/mol. The van der Waals surface area contributed by atoms with Crippen LogP contribution in [0.4, 0.5) is 0 Å². The molecule has 0 saturated carbocycles. The van der Waals surface area contributed by atoms with Crippen LogP contribution in [0, 0.1) is 0 Å². The average molecular weight is 475 g/mol. The second-order valence-corrected chi connectivity index (χ2v) is 9.04. The van der Waals surface area contributed by atoms with E-state index in [9.17, 15) is 4.79 Å². The number of hydrogen-bond donors (Lipinski definition) is 2. The van der Waals surface area contributed by atoms with Gasteiger partial charge in [-0.25, -0.2) is 0 Å². The quantitative estimate of drug-likeness (QED) is 0.191. The molecule has 0 aliphatic rings. The van der Waals surface area contributed by atoms with Crippen LogP contribution in [0.3, 0.4) is 0 Å². The molecule has 176 valence electrons. The maximum atomic E-state index is 12.6. The van der Waals surface area contributed by atoms with Gasteiger partial charge in [-0.3, -0.25) is 4.79 Å². The molecule has 0 bridgehead atoms. The van der Waals surface area contributed by atoms with Crippen molar-refractivity contribution >= 4 is 28.6 Å². The first-order valence-electron chi connectivity index (χ1n) is 11.6. The second kappa shape index (κ2) is 11.7. The van der Waals surface area contributed by atoms with Gasteiger partial charge in [0, 0.05) is 33.7 Å². The third kappa shape index (κ3) is 5.75. The van der Waals surface area contributed by atoms with Crippen LogP contribution >= 0.6 is 11.8 Å². The summed E-state index contributed by atoms with van der Waals surface area (Å²) in [5.74, 6) is 2.31. The Bertz CT molecular complexity index is 1220. The highest BCUT2D eigenvalue weighted by Gasteiger charge is 2.14. The van der Waals surface area contributed by atoms with Crippen molar-refractivity contribution in [2.24, 2.45) is 0 Å². The number of methoxy groups -OCH3 is 1. The van der Waals surface area contributed by atoms with Crippen molar-refractivity contribution in [1.29, 1.82) is 0 Å². The largest absolute Gasteiger partial charge is 0.497 e. The van der Waals surface area contributed by atoms with Gasteiger partial charge < -0.3 is 19.8 Å². The van der Waals surface area contributed by atoms with Gasteiger partial charge in [-0.05, 0) is 66.6 Å². The Morgan fingerprint density at radius 2 is 1.71 bits per heavy atom. The number of nitrogens with one attached hydrogen (secondary N) is 2. The third-order valence-electron chi connectivity index (χ3n) is 5.55. The summed E-state index contributed by atoms with van der Waals surface area (Å²) in [6, 6.07) is 23.7. The molecule has 4 rings (SSSR count). The molecule has 6 heteroatoms. The zero-order valence-corrected chi connectivity index (χ0v) is 20.4. The predicted octanol–water partition coefficient (Wildman–Crippen LogP) is 6.54. The molecule has 0 aliphatic carbocycles. The van der Waals surface area contributed by atoms with Crippen LogP contribution in [0.2, 0.25) is 0 Å². The smallest absolute Gasteiger partial charge is 0.251 e. The number of amides is 1. The monoisotopic (exact) mass is 474 g/mol. The van der Waals surface area contributed by atoms with Gasteiger partial charge >= 0.3 is 0 Å². The number of carbonyl (C=O) groups is 1. The summed E-state index contributed by atoms with van der Waals surface area (Å²) in [4.78, 5) is 17.3. The molecule has 3 aromatic carbocycles. The molecule has 2 N–H and O–H groups in total. The van der Waals surface area contributed by atoms with Crippen molar-refractivity contribution < 1.29 is 14.3 Å². The molecule has 0 saturated heterocycles. The average Bonchev–Trinajstić information content (AvgIpc) is 3.25. The topological polar surface area (TPSA) is 63.4 Å². The van der Waals surface area contributed by atoms with Crippen molar-refractivity contribution in [3.05, 3.63) is 78.4 Å². The molecule has 4 aromatic rings. The molecule has 1 heterocycles. The number of thioether (sulfide) groups is 1. The SMILES string of the molecule is CCCCOc1ccc(C(=O)NCCSc2c(-c3ccc(OC)cc3)[nH]c3ccccc23)cc1. The summed E-state index contributed by atoms with van der Waals surface area (Å²) < 4.78 is 11.0. The third-order valence-corrected chi connectivity index (χ3v) is 6.68. The molecule has 0 aliphatic heterocycles. The van der Waals surface area contributed by atoms with Crippen LogP contribution < -0.4 is 14.8 Å². The fourth-order valence-corrected chi connectivity index (χ4v) is 4.74. The molecule has 1 amide bonds. The number of para-hydroxylation sites is 1. The minimum Gasteiger partial charge on any atom is -0.497 e. The van der Waals surface area contributed by atoms with Crippen molar-refractivity contribution in [2.75, 3.05) is 26.0 Å². The number of aromatic amines is 1. The van der Waals surface area contributed by atoms with Gasteiger partial charge in [0.25, 0.3) is 5.91 Å². The van der Waals surface area contributed by atoms with Gasteiger partial charge in [-0.2, -0.15) is 0 Å². The number of rotatable bonds is 11. The Kier molecular flexibility index (Phi) is 8.15. The van der Waals surface area contributed by atoms with E-state index >= 15 is 0 Å². The Morgan fingerprint density at radius 1 is 0.971 bits per heavy atom. The van der Waals surface area contributed by atoms with E-state index in [1.807, 2.05) is 42.5 Å². The van der Waals surface area contributed by atoms with Crippen LogP contribution in [0.15, 0.2) is 77.7 Å². The maximum absolute atomic E-state index is 12.6. The van der Waals surface area contributed by atoms with Crippen molar-refractivity contribution in [3.8, 4) is 22.8 Å². The van der Waals surface area contributed by atoms with E-state index in [1.165, 1.54) is 10.3 Å². The summed E-state index contributed by atoms with van der Waals surface area (Å²) in [5, 5.41) is 4.21. The highest BCUT2D eigenvalue weighted by atomic mass is 32.2. The number of H-pyrrole nitrogens is 1. The molecular formula is C28H30N2O3S. The Morgan fingerprint density at radius 3 is 2.44 bits per heavy atom. The van der Waals surface area contributed by atoms with Gasteiger partial charge in [-0.15, -0.1) is 11.8 Å². The van der Waals surface area contributed by atoms with E-state index in [1.54, 1.807) is 18.9 Å². The summed E-state index contributed by atoms with van der Waals surface area (Å²) in [6.45, 7) is 3.40. The van der Waals surface area contributed by atoms with E-state index < -0.39 is 0 Å².